The third-order valence-electron chi connectivity index (χ3n) is 5.63. The van der Waals surface area contributed by atoms with Gasteiger partial charge in [-0.3, -0.25) is 14.3 Å². The van der Waals surface area contributed by atoms with Crippen LogP contribution < -0.4 is 14.8 Å². The highest BCUT2D eigenvalue weighted by molar-refractivity contribution is 7.92. The SMILES string of the molecule is COc1ccccc1NS(=O)(=O)c1ccc(C(=O)NC2CCN(C(=O)c3ccco3)CC2)cc1. The molecule has 3 aromatic rings. The van der Waals surface area contributed by atoms with Crippen LogP contribution in [0.15, 0.2) is 76.2 Å². The van der Waals surface area contributed by atoms with Crippen LogP contribution in [0.3, 0.4) is 0 Å². The molecule has 1 aliphatic heterocycles. The van der Waals surface area contributed by atoms with E-state index in [9.17, 15) is 18.0 Å². The number of likely N-dealkylation sites (tertiary alicyclic amines) is 1. The van der Waals surface area contributed by atoms with Gasteiger partial charge in [0.05, 0.1) is 24.0 Å². The van der Waals surface area contributed by atoms with E-state index in [1.807, 2.05) is 0 Å². The van der Waals surface area contributed by atoms with Gasteiger partial charge in [0.25, 0.3) is 21.8 Å². The van der Waals surface area contributed by atoms with E-state index in [1.165, 1.54) is 37.6 Å². The number of anilines is 1. The molecule has 2 heterocycles. The number of amides is 2. The normalized spacial score (nSPS) is 14.4. The summed E-state index contributed by atoms with van der Waals surface area (Å²) in [6, 6.07) is 15.6. The zero-order chi connectivity index (χ0) is 24.1. The fraction of sp³-hybridized carbons (Fsp3) is 0.250. The number of nitrogens with zero attached hydrogens (tertiary/aromatic N) is 1. The van der Waals surface area contributed by atoms with Crippen LogP contribution in [0, 0.1) is 0 Å². The molecule has 0 unspecified atom stereocenters. The van der Waals surface area contributed by atoms with Gasteiger partial charge in [-0.05, 0) is 61.4 Å². The van der Waals surface area contributed by atoms with Crippen LogP contribution in [0.25, 0.3) is 0 Å². The maximum absolute atomic E-state index is 12.7. The smallest absolute Gasteiger partial charge is 0.289 e. The second-order valence-corrected chi connectivity index (χ2v) is 9.53. The Morgan fingerprint density at radius 2 is 1.71 bits per heavy atom. The molecule has 0 bridgehead atoms. The van der Waals surface area contributed by atoms with E-state index in [0.717, 1.165) is 0 Å². The van der Waals surface area contributed by atoms with Crippen LogP contribution in [0.4, 0.5) is 5.69 Å². The summed E-state index contributed by atoms with van der Waals surface area (Å²) in [7, 11) is -2.40. The molecule has 0 aliphatic carbocycles. The molecule has 0 atom stereocenters. The molecule has 1 fully saturated rings. The lowest BCUT2D eigenvalue weighted by atomic mass is 10.0. The minimum atomic E-state index is -3.86. The first-order valence-corrected chi connectivity index (χ1v) is 12.3. The van der Waals surface area contributed by atoms with Gasteiger partial charge in [-0.25, -0.2) is 8.42 Å². The number of carbonyl (C=O) groups is 2. The number of rotatable bonds is 7. The fourth-order valence-corrected chi connectivity index (χ4v) is 4.84. The summed E-state index contributed by atoms with van der Waals surface area (Å²) >= 11 is 0. The first-order chi connectivity index (χ1) is 16.4. The number of piperidine rings is 1. The van der Waals surface area contributed by atoms with Crippen LogP contribution in [0.2, 0.25) is 0 Å². The van der Waals surface area contributed by atoms with Crippen molar-refractivity contribution in [3.05, 3.63) is 78.3 Å². The van der Waals surface area contributed by atoms with E-state index in [-0.39, 0.29) is 22.8 Å². The molecule has 178 valence electrons. The summed E-state index contributed by atoms with van der Waals surface area (Å²) in [5.74, 6) is 0.252. The first kappa shape index (κ1) is 23.4. The Balaban J connectivity index is 1.34. The van der Waals surface area contributed by atoms with E-state index in [4.69, 9.17) is 9.15 Å². The molecular weight excluding hydrogens is 458 g/mol. The number of para-hydroxylation sites is 2. The Hall–Kier alpha value is -3.79. The number of methoxy groups -OCH3 is 1. The van der Waals surface area contributed by atoms with E-state index in [0.29, 0.717) is 48.7 Å². The highest BCUT2D eigenvalue weighted by Gasteiger charge is 2.26. The van der Waals surface area contributed by atoms with Crippen molar-refractivity contribution >= 4 is 27.5 Å². The summed E-state index contributed by atoms with van der Waals surface area (Å²) in [6.07, 6.45) is 2.70. The highest BCUT2D eigenvalue weighted by atomic mass is 32.2. The number of hydrogen-bond donors (Lipinski definition) is 2. The van der Waals surface area contributed by atoms with Crippen molar-refractivity contribution in [3.8, 4) is 5.75 Å². The Labute approximate surface area is 197 Å². The highest BCUT2D eigenvalue weighted by Crippen LogP contribution is 2.26. The predicted molar refractivity (Wildman–Crippen MR) is 125 cm³/mol. The van der Waals surface area contributed by atoms with E-state index >= 15 is 0 Å². The van der Waals surface area contributed by atoms with Gasteiger partial charge in [0.1, 0.15) is 5.75 Å². The molecule has 34 heavy (non-hydrogen) atoms. The zero-order valence-electron chi connectivity index (χ0n) is 18.6. The number of carbonyl (C=O) groups excluding carboxylic acids is 2. The van der Waals surface area contributed by atoms with Crippen molar-refractivity contribution in [2.24, 2.45) is 0 Å². The lowest BCUT2D eigenvalue weighted by Gasteiger charge is -2.31. The summed E-state index contributed by atoms with van der Waals surface area (Å²) < 4.78 is 38.3. The minimum Gasteiger partial charge on any atom is -0.495 e. The second-order valence-electron chi connectivity index (χ2n) is 7.85. The summed E-state index contributed by atoms with van der Waals surface area (Å²) in [6.45, 7) is 1.02. The van der Waals surface area contributed by atoms with Crippen LogP contribution in [-0.2, 0) is 10.0 Å². The molecule has 2 aromatic carbocycles. The molecule has 2 amide bonds. The van der Waals surface area contributed by atoms with Gasteiger partial charge in [-0.2, -0.15) is 0 Å². The monoisotopic (exact) mass is 483 g/mol. The number of hydrogen-bond acceptors (Lipinski definition) is 6. The van der Waals surface area contributed by atoms with E-state index in [1.54, 1.807) is 41.3 Å². The molecule has 4 rings (SSSR count). The van der Waals surface area contributed by atoms with Gasteiger partial charge in [0, 0.05) is 24.7 Å². The van der Waals surface area contributed by atoms with Crippen molar-refractivity contribution in [3.63, 3.8) is 0 Å². The number of furan rings is 1. The summed E-state index contributed by atoms with van der Waals surface area (Å²) in [4.78, 5) is 26.8. The summed E-state index contributed by atoms with van der Waals surface area (Å²) in [5.41, 5.74) is 0.675. The van der Waals surface area contributed by atoms with Crippen LogP contribution in [-0.4, -0.2) is 51.4 Å². The van der Waals surface area contributed by atoms with Crippen LogP contribution in [0.5, 0.6) is 5.75 Å². The Morgan fingerprint density at radius 1 is 1.00 bits per heavy atom. The van der Waals surface area contributed by atoms with Crippen molar-refractivity contribution in [1.29, 1.82) is 0 Å². The molecule has 0 saturated carbocycles. The molecule has 10 heteroatoms. The maximum atomic E-state index is 12.7. The summed E-state index contributed by atoms with van der Waals surface area (Å²) in [5, 5.41) is 2.96. The predicted octanol–water partition coefficient (Wildman–Crippen LogP) is 3.12. The lowest BCUT2D eigenvalue weighted by molar-refractivity contribution is 0.0667. The van der Waals surface area contributed by atoms with Gasteiger partial charge in [0.15, 0.2) is 5.76 Å². The number of benzene rings is 2. The van der Waals surface area contributed by atoms with Crippen LogP contribution in [0.1, 0.15) is 33.8 Å². The Kier molecular flexibility index (Phi) is 6.87. The van der Waals surface area contributed by atoms with Gasteiger partial charge in [-0.15, -0.1) is 0 Å². The Morgan fingerprint density at radius 3 is 2.35 bits per heavy atom. The van der Waals surface area contributed by atoms with Gasteiger partial charge >= 0.3 is 0 Å². The molecule has 9 nitrogen and oxygen atoms in total. The number of sulfonamides is 1. The third kappa shape index (κ3) is 5.23. The minimum absolute atomic E-state index is 0.0275. The standard InChI is InChI=1S/C24H25N3O6S/c1-32-21-6-3-2-5-20(21)26-34(30,31)19-10-8-17(9-11-19)23(28)25-18-12-14-27(15-13-18)24(29)22-7-4-16-33-22/h2-11,16,18,26H,12-15H2,1H3,(H,25,28). The average Bonchev–Trinajstić information content (AvgIpc) is 3.39. The topological polar surface area (TPSA) is 118 Å². The van der Waals surface area contributed by atoms with Gasteiger partial charge < -0.3 is 19.4 Å². The molecule has 1 aliphatic rings. The average molecular weight is 484 g/mol. The van der Waals surface area contributed by atoms with E-state index in [2.05, 4.69) is 10.0 Å². The van der Waals surface area contributed by atoms with Gasteiger partial charge in [-0.1, -0.05) is 12.1 Å². The van der Waals surface area contributed by atoms with Crippen molar-refractivity contribution in [2.75, 3.05) is 24.9 Å². The van der Waals surface area contributed by atoms with Crippen molar-refractivity contribution in [2.45, 2.75) is 23.8 Å². The number of ether oxygens (including phenoxy) is 1. The lowest BCUT2D eigenvalue weighted by Crippen LogP contribution is -2.46. The number of nitrogens with one attached hydrogen (secondary N) is 2. The van der Waals surface area contributed by atoms with E-state index < -0.39 is 10.0 Å². The van der Waals surface area contributed by atoms with Crippen LogP contribution >= 0.6 is 0 Å². The molecule has 1 saturated heterocycles. The molecule has 1 aromatic heterocycles. The molecule has 0 radical (unpaired) electrons. The van der Waals surface area contributed by atoms with Crippen molar-refractivity contribution in [1.82, 2.24) is 10.2 Å². The molecule has 0 spiro atoms. The molecule has 2 N–H and O–H groups in total. The third-order valence-corrected chi connectivity index (χ3v) is 7.01. The maximum Gasteiger partial charge on any atom is 0.289 e. The largest absolute Gasteiger partial charge is 0.495 e. The zero-order valence-corrected chi connectivity index (χ0v) is 19.4. The fourth-order valence-electron chi connectivity index (χ4n) is 3.77. The Bertz CT molecular complexity index is 1250. The first-order valence-electron chi connectivity index (χ1n) is 10.8. The molecular formula is C24H25N3O6S. The van der Waals surface area contributed by atoms with Gasteiger partial charge in [0.2, 0.25) is 0 Å². The van der Waals surface area contributed by atoms with Crippen molar-refractivity contribution < 1.29 is 27.2 Å². The second kappa shape index (κ2) is 10.0. The quantitative estimate of drug-likeness (QED) is 0.533.